The molecular formula is C43H37N3O7. The van der Waals surface area contributed by atoms with Gasteiger partial charge in [-0.25, -0.2) is 9.59 Å². The molecule has 1 aliphatic heterocycles. The van der Waals surface area contributed by atoms with Crippen molar-refractivity contribution in [2.24, 2.45) is 0 Å². The maximum absolute atomic E-state index is 14.0. The zero-order valence-electron chi connectivity index (χ0n) is 28.8. The van der Waals surface area contributed by atoms with Gasteiger partial charge in [0.05, 0.1) is 0 Å². The number of fused-ring (bicyclic) bond motifs is 3. The predicted octanol–water partition coefficient (Wildman–Crippen LogP) is 6.39. The summed E-state index contributed by atoms with van der Waals surface area (Å²) in [6, 6.07) is 43.0. The van der Waals surface area contributed by atoms with E-state index in [1.807, 2.05) is 140 Å². The predicted molar refractivity (Wildman–Crippen MR) is 196 cm³/mol. The molecule has 2 N–H and O–H groups in total. The molecule has 0 unspecified atom stereocenters. The summed E-state index contributed by atoms with van der Waals surface area (Å²) in [6.45, 7) is -0.0149. The Hall–Kier alpha value is -6.55. The molecule has 0 aromatic heterocycles. The van der Waals surface area contributed by atoms with Crippen molar-refractivity contribution in [2.75, 3.05) is 6.61 Å². The van der Waals surface area contributed by atoms with Crippen LogP contribution in [0.25, 0.3) is 11.1 Å². The number of ether oxygens (including phenoxy) is 1. The Labute approximate surface area is 306 Å². The Balaban J connectivity index is 1.11. The highest BCUT2D eigenvalue weighted by molar-refractivity contribution is 6.02. The summed E-state index contributed by atoms with van der Waals surface area (Å²) < 4.78 is 5.69. The first-order valence-electron chi connectivity index (χ1n) is 17.5. The van der Waals surface area contributed by atoms with E-state index in [0.29, 0.717) is 5.06 Å². The molecule has 7 rings (SSSR count). The molecular weight excluding hydrogens is 670 g/mol. The molecule has 1 atom stereocenters. The molecule has 10 nitrogen and oxygen atoms in total. The third-order valence-electron chi connectivity index (χ3n) is 9.71. The maximum atomic E-state index is 14.0. The lowest BCUT2D eigenvalue weighted by atomic mass is 9.77. The van der Waals surface area contributed by atoms with E-state index in [1.165, 1.54) is 0 Å². The fourth-order valence-corrected chi connectivity index (χ4v) is 7.17. The van der Waals surface area contributed by atoms with E-state index in [9.17, 15) is 24.0 Å². The smallest absolute Gasteiger partial charge is 0.407 e. The van der Waals surface area contributed by atoms with Crippen molar-refractivity contribution in [3.8, 4) is 11.1 Å². The Morgan fingerprint density at radius 1 is 0.660 bits per heavy atom. The highest BCUT2D eigenvalue weighted by Gasteiger charge is 2.39. The normalized spacial score (nSPS) is 14.2. The number of amides is 4. The molecule has 1 fully saturated rings. The average molecular weight is 708 g/mol. The molecule has 266 valence electrons. The number of nitrogens with zero attached hydrogens (tertiary/aromatic N) is 1. The minimum absolute atomic E-state index is 0.0149. The molecule has 5 aromatic carbocycles. The van der Waals surface area contributed by atoms with Crippen molar-refractivity contribution in [2.45, 2.75) is 43.2 Å². The van der Waals surface area contributed by atoms with Crippen LogP contribution in [0.5, 0.6) is 0 Å². The standard InChI is InChI=1S/C43H37N3O7/c47-38(45-43(29-14-4-1-5-15-29,30-16-6-2-7-17-30)31-18-8-3-9-19-31)25-24-37(41(50)53-46-39(48)26-27-40(46)49)44-42(51)52-28-36-34-22-12-10-20-32(34)33-21-11-13-23-35(33)36/h1-23,36-37H,24-28H2,(H,44,51)(H,45,47)/t37-/m0/s1. The Morgan fingerprint density at radius 3 is 1.60 bits per heavy atom. The molecule has 1 heterocycles. The number of carbonyl (C=O) groups excluding carboxylic acids is 5. The molecule has 5 aromatic rings. The molecule has 1 aliphatic carbocycles. The van der Waals surface area contributed by atoms with Crippen molar-refractivity contribution in [1.82, 2.24) is 15.7 Å². The van der Waals surface area contributed by atoms with Crippen LogP contribution in [0.2, 0.25) is 0 Å². The topological polar surface area (TPSA) is 131 Å². The summed E-state index contributed by atoms with van der Waals surface area (Å²) in [5, 5.41) is 6.20. The summed E-state index contributed by atoms with van der Waals surface area (Å²) in [5.41, 5.74) is 5.46. The first kappa shape index (κ1) is 34.9. The lowest BCUT2D eigenvalue weighted by Crippen LogP contribution is -2.49. The molecule has 0 saturated carbocycles. The number of hydrogen-bond donors (Lipinski definition) is 2. The highest BCUT2D eigenvalue weighted by Crippen LogP contribution is 2.44. The number of rotatable bonds is 12. The van der Waals surface area contributed by atoms with E-state index in [0.717, 1.165) is 38.9 Å². The minimum atomic E-state index is -1.43. The molecule has 0 radical (unpaired) electrons. The number of hydrogen-bond acceptors (Lipinski definition) is 7. The maximum Gasteiger partial charge on any atom is 0.407 e. The van der Waals surface area contributed by atoms with Gasteiger partial charge in [-0.3, -0.25) is 14.4 Å². The minimum Gasteiger partial charge on any atom is -0.449 e. The lowest BCUT2D eigenvalue weighted by Gasteiger charge is -2.37. The van der Waals surface area contributed by atoms with Crippen LogP contribution in [-0.4, -0.2) is 47.5 Å². The second kappa shape index (κ2) is 15.4. The van der Waals surface area contributed by atoms with Gasteiger partial charge in [0.1, 0.15) is 18.2 Å². The number of benzene rings is 5. The number of hydroxylamine groups is 2. The SMILES string of the molecule is O=C(CC[C@H](NC(=O)OCC1c2ccccc2-c2ccccc21)C(=O)ON1C(=O)CCC1=O)NC(c1ccccc1)(c1ccccc1)c1ccccc1. The Kier molecular flexibility index (Phi) is 10.1. The highest BCUT2D eigenvalue weighted by atomic mass is 16.7. The second-order valence-electron chi connectivity index (χ2n) is 12.9. The van der Waals surface area contributed by atoms with Crippen LogP contribution in [0.15, 0.2) is 140 Å². The molecule has 1 saturated heterocycles. The van der Waals surface area contributed by atoms with Crippen molar-refractivity contribution < 1.29 is 33.5 Å². The van der Waals surface area contributed by atoms with E-state index in [4.69, 9.17) is 9.57 Å². The molecule has 4 amide bonds. The Bertz CT molecular complexity index is 1980. The van der Waals surface area contributed by atoms with Crippen LogP contribution in [0.1, 0.15) is 59.4 Å². The van der Waals surface area contributed by atoms with E-state index in [-0.39, 0.29) is 38.2 Å². The van der Waals surface area contributed by atoms with Gasteiger partial charge in [-0.2, -0.15) is 0 Å². The largest absolute Gasteiger partial charge is 0.449 e. The second-order valence-corrected chi connectivity index (χ2v) is 12.9. The van der Waals surface area contributed by atoms with E-state index in [2.05, 4.69) is 10.6 Å². The molecule has 10 heteroatoms. The first-order chi connectivity index (χ1) is 25.8. The summed E-state index contributed by atoms with van der Waals surface area (Å²) >= 11 is 0. The van der Waals surface area contributed by atoms with E-state index in [1.54, 1.807) is 0 Å². The fraction of sp³-hybridized carbons (Fsp3) is 0.186. The van der Waals surface area contributed by atoms with E-state index < -0.39 is 41.4 Å². The van der Waals surface area contributed by atoms with Gasteiger partial charge in [-0.05, 0) is 45.4 Å². The van der Waals surface area contributed by atoms with Crippen LogP contribution in [0.4, 0.5) is 4.79 Å². The molecule has 0 spiro atoms. The van der Waals surface area contributed by atoms with Gasteiger partial charge in [-0.1, -0.05) is 140 Å². The summed E-state index contributed by atoms with van der Waals surface area (Å²) in [6.07, 6.45) is -1.57. The van der Waals surface area contributed by atoms with Crippen molar-refractivity contribution in [1.29, 1.82) is 0 Å². The van der Waals surface area contributed by atoms with Gasteiger partial charge in [0.25, 0.3) is 11.8 Å². The lowest BCUT2D eigenvalue weighted by molar-refractivity contribution is -0.199. The Morgan fingerprint density at radius 2 is 1.11 bits per heavy atom. The van der Waals surface area contributed by atoms with E-state index >= 15 is 0 Å². The molecule has 2 aliphatic rings. The summed E-state index contributed by atoms with van der Waals surface area (Å²) in [4.78, 5) is 70.7. The third-order valence-corrected chi connectivity index (χ3v) is 9.71. The van der Waals surface area contributed by atoms with Gasteiger partial charge in [-0.15, -0.1) is 5.06 Å². The molecule has 0 bridgehead atoms. The zero-order chi connectivity index (χ0) is 36.8. The van der Waals surface area contributed by atoms with Gasteiger partial charge >= 0.3 is 12.1 Å². The van der Waals surface area contributed by atoms with Crippen LogP contribution in [0, 0.1) is 0 Å². The third kappa shape index (κ3) is 7.16. The average Bonchev–Trinajstić information content (AvgIpc) is 3.70. The number of imide groups is 1. The first-order valence-corrected chi connectivity index (χ1v) is 17.5. The fourth-order valence-electron chi connectivity index (χ4n) is 7.17. The monoisotopic (exact) mass is 707 g/mol. The number of alkyl carbamates (subject to hydrolysis) is 1. The summed E-state index contributed by atoms with van der Waals surface area (Å²) in [7, 11) is 0. The van der Waals surface area contributed by atoms with Gasteiger partial charge in [0.15, 0.2) is 0 Å². The van der Waals surface area contributed by atoms with Crippen LogP contribution in [-0.2, 0) is 34.3 Å². The zero-order valence-corrected chi connectivity index (χ0v) is 28.8. The van der Waals surface area contributed by atoms with Crippen molar-refractivity contribution >= 4 is 29.8 Å². The number of carbonyl (C=O) groups is 5. The summed E-state index contributed by atoms with van der Waals surface area (Å²) in [5.74, 6) is -3.07. The van der Waals surface area contributed by atoms with Crippen molar-refractivity contribution in [3.63, 3.8) is 0 Å². The molecule has 53 heavy (non-hydrogen) atoms. The number of nitrogens with one attached hydrogen (secondary N) is 2. The van der Waals surface area contributed by atoms with Gasteiger partial charge in [0, 0.05) is 25.2 Å². The quantitative estimate of drug-likeness (QED) is 0.114. The van der Waals surface area contributed by atoms with Gasteiger partial charge < -0.3 is 20.2 Å². The van der Waals surface area contributed by atoms with Crippen LogP contribution in [0.3, 0.4) is 0 Å². The van der Waals surface area contributed by atoms with Gasteiger partial charge in [0.2, 0.25) is 5.91 Å². The van der Waals surface area contributed by atoms with Crippen LogP contribution >= 0.6 is 0 Å². The van der Waals surface area contributed by atoms with Crippen molar-refractivity contribution in [3.05, 3.63) is 167 Å². The van der Waals surface area contributed by atoms with Crippen LogP contribution < -0.4 is 10.6 Å².